The van der Waals surface area contributed by atoms with Crippen LogP contribution in [-0.4, -0.2) is 22.8 Å². The summed E-state index contributed by atoms with van der Waals surface area (Å²) in [7, 11) is 0. The summed E-state index contributed by atoms with van der Waals surface area (Å²) in [6, 6.07) is -0.536. The van der Waals surface area contributed by atoms with Crippen molar-refractivity contribution in [1.29, 1.82) is 0 Å². The fourth-order valence-corrected chi connectivity index (χ4v) is 0.777. The minimum absolute atomic E-state index is 0.332. The number of rotatable bonds is 4. The van der Waals surface area contributed by atoms with Crippen LogP contribution in [0.25, 0.3) is 5.53 Å². The van der Waals surface area contributed by atoms with E-state index in [0.717, 1.165) is 6.21 Å². The van der Waals surface area contributed by atoms with Crippen molar-refractivity contribution in [3.63, 3.8) is 0 Å². The number of ketones is 1. The molecule has 0 aliphatic rings. The van der Waals surface area contributed by atoms with Crippen LogP contribution in [0.3, 0.4) is 0 Å². The maximum absolute atomic E-state index is 10.8. The van der Waals surface area contributed by atoms with Gasteiger partial charge in [-0.2, -0.15) is 4.79 Å². The van der Waals surface area contributed by atoms with Crippen molar-refractivity contribution in [3.05, 3.63) is 5.53 Å². The second-order valence-corrected chi connectivity index (χ2v) is 2.88. The van der Waals surface area contributed by atoms with E-state index < -0.39 is 6.04 Å². The Morgan fingerprint density at radius 3 is 2.64 bits per heavy atom. The molecule has 0 aromatic rings. The molecule has 62 valence electrons. The molecule has 4 nitrogen and oxygen atoms in total. The third kappa shape index (κ3) is 4.42. The molecule has 2 N–H and O–H groups in total. The summed E-state index contributed by atoms with van der Waals surface area (Å²) < 4.78 is 0. The van der Waals surface area contributed by atoms with Crippen LogP contribution in [0, 0.1) is 5.92 Å². The molecule has 1 unspecified atom stereocenters. The van der Waals surface area contributed by atoms with Gasteiger partial charge in [0.05, 0.1) is 6.04 Å². The van der Waals surface area contributed by atoms with Crippen molar-refractivity contribution in [2.75, 3.05) is 0 Å². The van der Waals surface area contributed by atoms with Crippen molar-refractivity contribution < 1.29 is 9.58 Å². The maximum atomic E-state index is 10.8. The highest BCUT2D eigenvalue weighted by atomic mass is 16.1. The lowest BCUT2D eigenvalue weighted by molar-refractivity contribution is -0.117. The lowest BCUT2D eigenvalue weighted by atomic mass is 10.0. The third-order valence-electron chi connectivity index (χ3n) is 1.28. The molecule has 0 saturated carbocycles. The number of hydrogen-bond acceptors (Lipinski definition) is 2. The summed E-state index contributed by atoms with van der Waals surface area (Å²) in [5.41, 5.74) is 13.5. The largest absolute Gasteiger partial charge is 0.361 e. The standard InChI is InChI=1S/C7H13N3O/c1-5(2)3-6(8)7(11)4-10-9/h4-6H,3,8H2,1-2H3. The van der Waals surface area contributed by atoms with E-state index in [9.17, 15) is 4.79 Å². The summed E-state index contributed by atoms with van der Waals surface area (Å²) in [5.74, 6) is 0.0437. The summed E-state index contributed by atoms with van der Waals surface area (Å²) in [6.07, 6.45) is 1.46. The quantitative estimate of drug-likeness (QED) is 0.358. The van der Waals surface area contributed by atoms with E-state index in [1.807, 2.05) is 13.8 Å². The highest BCUT2D eigenvalue weighted by Gasteiger charge is 2.15. The zero-order valence-electron chi connectivity index (χ0n) is 6.82. The molecule has 0 radical (unpaired) electrons. The molecule has 0 aliphatic carbocycles. The number of nitrogens with two attached hydrogens (primary N) is 1. The number of hydrogen-bond donors (Lipinski definition) is 1. The summed E-state index contributed by atoms with van der Waals surface area (Å²) in [4.78, 5) is 13.5. The zero-order chi connectivity index (χ0) is 8.85. The van der Waals surface area contributed by atoms with E-state index in [-0.39, 0.29) is 5.78 Å². The van der Waals surface area contributed by atoms with Gasteiger partial charge in [0.15, 0.2) is 0 Å². The van der Waals surface area contributed by atoms with Gasteiger partial charge in [0.2, 0.25) is 0 Å². The molecule has 0 bridgehead atoms. The second-order valence-electron chi connectivity index (χ2n) is 2.88. The van der Waals surface area contributed by atoms with Gasteiger partial charge in [-0.1, -0.05) is 13.8 Å². The number of Topliss-reactive ketones (excluding diaryl/α,β-unsaturated/α-hetero) is 1. The lowest BCUT2D eigenvalue weighted by Crippen LogP contribution is -2.32. The topological polar surface area (TPSA) is 79.5 Å². The average Bonchev–Trinajstić information content (AvgIpc) is 1.86. The van der Waals surface area contributed by atoms with Crippen molar-refractivity contribution in [2.45, 2.75) is 26.3 Å². The Kier molecular flexibility index (Phi) is 4.34. The van der Waals surface area contributed by atoms with E-state index in [4.69, 9.17) is 11.3 Å². The molecule has 0 heterocycles. The van der Waals surface area contributed by atoms with Gasteiger partial charge in [-0.05, 0) is 12.3 Å². The van der Waals surface area contributed by atoms with Gasteiger partial charge < -0.3 is 11.3 Å². The first-order chi connectivity index (χ1) is 5.07. The van der Waals surface area contributed by atoms with Crippen LogP contribution in [0.5, 0.6) is 0 Å². The van der Waals surface area contributed by atoms with E-state index in [0.29, 0.717) is 12.3 Å². The Morgan fingerprint density at radius 2 is 2.27 bits per heavy atom. The number of carbonyl (C=O) groups is 1. The Labute approximate surface area is 66.0 Å². The molecule has 4 heteroatoms. The Hall–Kier alpha value is -0.990. The smallest absolute Gasteiger partial charge is 0.324 e. The van der Waals surface area contributed by atoms with Crippen LogP contribution in [-0.2, 0) is 4.79 Å². The van der Waals surface area contributed by atoms with E-state index in [1.54, 1.807) is 0 Å². The first-order valence-corrected chi connectivity index (χ1v) is 3.54. The van der Waals surface area contributed by atoms with E-state index in [1.165, 1.54) is 0 Å². The number of nitrogens with zero attached hydrogens (tertiary/aromatic N) is 2. The predicted octanol–water partition coefficient (Wildman–Crippen LogP) is 0.230. The zero-order valence-corrected chi connectivity index (χ0v) is 6.82. The number of carbonyl (C=O) groups excluding carboxylic acids is 1. The molecular weight excluding hydrogens is 142 g/mol. The molecule has 0 aromatic carbocycles. The molecule has 0 fully saturated rings. The highest BCUT2D eigenvalue weighted by Crippen LogP contribution is 2.01. The molecule has 11 heavy (non-hydrogen) atoms. The Bertz CT molecular complexity index is 182. The molecule has 1 atom stereocenters. The van der Waals surface area contributed by atoms with Gasteiger partial charge in [-0.15, -0.1) is 0 Å². The summed E-state index contributed by atoms with van der Waals surface area (Å²) >= 11 is 0. The van der Waals surface area contributed by atoms with Crippen LogP contribution < -0.4 is 5.73 Å². The van der Waals surface area contributed by atoms with Crippen molar-refractivity contribution >= 4 is 12.0 Å². The molecule has 0 rings (SSSR count). The fraction of sp³-hybridized carbons (Fsp3) is 0.714. The maximum Gasteiger partial charge on any atom is 0.324 e. The molecule has 0 aromatic heterocycles. The summed E-state index contributed by atoms with van der Waals surface area (Å²) in [6.45, 7) is 3.95. The fourth-order valence-electron chi connectivity index (χ4n) is 0.777. The van der Waals surface area contributed by atoms with E-state index >= 15 is 0 Å². The van der Waals surface area contributed by atoms with Gasteiger partial charge in [0, 0.05) is 0 Å². The van der Waals surface area contributed by atoms with Gasteiger partial charge >= 0.3 is 6.21 Å². The van der Waals surface area contributed by atoms with Crippen molar-refractivity contribution in [2.24, 2.45) is 11.7 Å². The molecule has 0 aliphatic heterocycles. The summed E-state index contributed by atoms with van der Waals surface area (Å²) in [5, 5.41) is 0. The van der Waals surface area contributed by atoms with E-state index in [2.05, 4.69) is 4.79 Å². The lowest BCUT2D eigenvalue weighted by Gasteiger charge is -2.07. The average molecular weight is 155 g/mol. The molecule has 0 amide bonds. The SMILES string of the molecule is CC(C)CC(N)C(=O)C=[N+]=[N-]. The monoisotopic (exact) mass is 155 g/mol. The first-order valence-electron chi connectivity index (χ1n) is 3.54. The Balaban J connectivity index is 3.92. The van der Waals surface area contributed by atoms with Crippen LogP contribution in [0.15, 0.2) is 0 Å². The van der Waals surface area contributed by atoms with Crippen LogP contribution in [0.2, 0.25) is 0 Å². The van der Waals surface area contributed by atoms with Crippen LogP contribution in [0.4, 0.5) is 0 Å². The van der Waals surface area contributed by atoms with Crippen molar-refractivity contribution in [3.8, 4) is 0 Å². The van der Waals surface area contributed by atoms with Crippen LogP contribution >= 0.6 is 0 Å². The van der Waals surface area contributed by atoms with Crippen molar-refractivity contribution in [1.82, 2.24) is 0 Å². The first kappa shape index (κ1) is 10.0. The van der Waals surface area contributed by atoms with Crippen LogP contribution in [0.1, 0.15) is 20.3 Å². The molecule has 0 saturated heterocycles. The molecular formula is C7H13N3O. The normalized spacial score (nSPS) is 12.4. The molecule has 0 spiro atoms. The van der Waals surface area contributed by atoms with Gasteiger partial charge in [0.1, 0.15) is 0 Å². The van der Waals surface area contributed by atoms with Gasteiger partial charge in [-0.25, -0.2) is 0 Å². The van der Waals surface area contributed by atoms with Gasteiger partial charge in [-0.3, -0.25) is 4.79 Å². The third-order valence-corrected chi connectivity index (χ3v) is 1.28. The minimum atomic E-state index is -0.536. The predicted molar refractivity (Wildman–Crippen MR) is 42.1 cm³/mol. The minimum Gasteiger partial charge on any atom is -0.361 e. The van der Waals surface area contributed by atoms with Gasteiger partial charge in [0.25, 0.3) is 5.78 Å². The Morgan fingerprint density at radius 1 is 1.73 bits per heavy atom. The second kappa shape index (κ2) is 4.77. The highest BCUT2D eigenvalue weighted by molar-refractivity contribution is 6.27.